The van der Waals surface area contributed by atoms with E-state index in [-0.39, 0.29) is 30.6 Å². The zero-order chi connectivity index (χ0) is 18.7. The van der Waals surface area contributed by atoms with Crippen molar-refractivity contribution in [2.45, 2.75) is 32.9 Å². The number of carbonyl (C=O) groups excluding carboxylic acids is 2. The third-order valence-electron chi connectivity index (χ3n) is 4.35. The highest BCUT2D eigenvalue weighted by atomic mass is 19.1. The number of aryl methyl sites for hydroxylation is 1. The molecule has 0 saturated heterocycles. The Kier molecular flexibility index (Phi) is 5.21. The Balaban J connectivity index is 1.58. The van der Waals surface area contributed by atoms with Gasteiger partial charge in [0.15, 0.2) is 6.10 Å². The van der Waals surface area contributed by atoms with Gasteiger partial charge in [-0.2, -0.15) is 0 Å². The number of carbonyl (C=O) groups is 2. The van der Waals surface area contributed by atoms with Gasteiger partial charge in [-0.25, -0.2) is 4.39 Å². The summed E-state index contributed by atoms with van der Waals surface area (Å²) in [6, 6.07) is 12.0. The summed E-state index contributed by atoms with van der Waals surface area (Å²) in [5.41, 5.74) is 2.05. The summed E-state index contributed by atoms with van der Waals surface area (Å²) in [5, 5.41) is 2.80. The quantitative estimate of drug-likeness (QED) is 0.896. The zero-order valence-corrected chi connectivity index (χ0v) is 14.8. The van der Waals surface area contributed by atoms with E-state index >= 15 is 0 Å². The molecule has 1 aliphatic rings. The molecule has 0 radical (unpaired) electrons. The molecule has 1 heterocycles. The summed E-state index contributed by atoms with van der Waals surface area (Å²) >= 11 is 0. The number of benzene rings is 2. The summed E-state index contributed by atoms with van der Waals surface area (Å²) in [5.74, 6) is 0.0440. The van der Waals surface area contributed by atoms with E-state index in [0.29, 0.717) is 23.5 Å². The minimum absolute atomic E-state index is 0.161. The van der Waals surface area contributed by atoms with Crippen molar-refractivity contribution in [3.8, 4) is 5.75 Å². The monoisotopic (exact) mass is 356 g/mol. The number of nitrogens with one attached hydrogen (secondary N) is 1. The van der Waals surface area contributed by atoms with E-state index in [2.05, 4.69) is 5.32 Å². The molecule has 2 amide bonds. The fraction of sp³-hybridized carbons (Fsp3) is 0.300. The Labute approximate surface area is 151 Å². The van der Waals surface area contributed by atoms with E-state index < -0.39 is 6.10 Å². The lowest BCUT2D eigenvalue weighted by atomic mass is 10.1. The topological polar surface area (TPSA) is 58.6 Å². The lowest BCUT2D eigenvalue weighted by molar-refractivity contribution is -0.125. The van der Waals surface area contributed by atoms with Crippen molar-refractivity contribution < 1.29 is 18.7 Å². The number of nitrogens with zero attached hydrogens (tertiary/aromatic N) is 1. The molecule has 0 saturated carbocycles. The molecular weight excluding hydrogens is 335 g/mol. The number of anilines is 1. The van der Waals surface area contributed by atoms with Gasteiger partial charge in [0.2, 0.25) is 5.91 Å². The van der Waals surface area contributed by atoms with Crippen LogP contribution in [0.15, 0.2) is 42.5 Å². The van der Waals surface area contributed by atoms with E-state index in [9.17, 15) is 14.0 Å². The van der Waals surface area contributed by atoms with E-state index in [4.69, 9.17) is 4.74 Å². The Morgan fingerprint density at radius 3 is 2.81 bits per heavy atom. The van der Waals surface area contributed by atoms with Crippen LogP contribution in [0.5, 0.6) is 5.75 Å². The number of halogens is 1. The fourth-order valence-corrected chi connectivity index (χ4v) is 2.91. The van der Waals surface area contributed by atoms with Crippen LogP contribution in [0.2, 0.25) is 0 Å². The minimum Gasteiger partial charge on any atom is -0.479 e. The van der Waals surface area contributed by atoms with Crippen molar-refractivity contribution in [2.75, 3.05) is 11.4 Å². The van der Waals surface area contributed by atoms with E-state index in [1.54, 1.807) is 36.9 Å². The van der Waals surface area contributed by atoms with Gasteiger partial charge in [0.25, 0.3) is 5.91 Å². The van der Waals surface area contributed by atoms with Crippen LogP contribution in [0.25, 0.3) is 0 Å². The van der Waals surface area contributed by atoms with Gasteiger partial charge in [0.1, 0.15) is 11.6 Å². The van der Waals surface area contributed by atoms with Crippen LogP contribution < -0.4 is 15.0 Å². The predicted octanol–water partition coefficient (Wildman–Crippen LogP) is 2.95. The highest BCUT2D eigenvalue weighted by molar-refractivity contribution is 6.00. The van der Waals surface area contributed by atoms with Crippen LogP contribution >= 0.6 is 0 Å². The van der Waals surface area contributed by atoms with Crippen molar-refractivity contribution in [1.82, 2.24) is 5.32 Å². The number of para-hydroxylation sites is 2. The predicted molar refractivity (Wildman–Crippen MR) is 96.5 cm³/mol. The Hall–Kier alpha value is -2.89. The second-order valence-corrected chi connectivity index (χ2v) is 6.33. The number of amides is 2. The number of hydrogen-bond acceptors (Lipinski definition) is 3. The van der Waals surface area contributed by atoms with Crippen LogP contribution in [-0.2, 0) is 16.1 Å². The van der Waals surface area contributed by atoms with Crippen LogP contribution in [0.3, 0.4) is 0 Å². The lowest BCUT2D eigenvalue weighted by Gasteiger charge is -2.32. The van der Waals surface area contributed by atoms with Gasteiger partial charge in [-0.15, -0.1) is 0 Å². The molecule has 6 heteroatoms. The largest absolute Gasteiger partial charge is 0.479 e. The van der Waals surface area contributed by atoms with Crippen molar-refractivity contribution in [1.29, 1.82) is 0 Å². The first-order chi connectivity index (χ1) is 12.5. The van der Waals surface area contributed by atoms with Gasteiger partial charge in [-0.05, 0) is 43.2 Å². The normalized spacial score (nSPS) is 16.0. The lowest BCUT2D eigenvalue weighted by Crippen LogP contribution is -2.45. The number of hydrogen-bond donors (Lipinski definition) is 1. The third kappa shape index (κ3) is 3.85. The van der Waals surface area contributed by atoms with E-state index in [1.165, 1.54) is 6.07 Å². The number of fused-ring (bicyclic) bond motifs is 1. The molecule has 1 atom stereocenters. The van der Waals surface area contributed by atoms with Crippen molar-refractivity contribution in [3.05, 3.63) is 59.4 Å². The standard InChI is InChI=1S/C20H21FN2O3/c1-13-11-15(7-8-16(13)21)12-22-19(24)9-10-23-17-5-3-4-6-18(17)26-14(2)20(23)25/h3-8,11,14H,9-10,12H2,1-2H3,(H,22,24)/t14-/m1/s1. The average Bonchev–Trinajstić information content (AvgIpc) is 2.63. The summed E-state index contributed by atoms with van der Waals surface area (Å²) in [6.45, 7) is 3.98. The van der Waals surface area contributed by atoms with Gasteiger partial charge in [-0.1, -0.05) is 24.3 Å². The molecular formula is C20H21FN2O3. The SMILES string of the molecule is Cc1cc(CNC(=O)CCN2C(=O)[C@@H](C)Oc3ccccc32)ccc1F. The van der Waals surface area contributed by atoms with Gasteiger partial charge < -0.3 is 15.0 Å². The summed E-state index contributed by atoms with van der Waals surface area (Å²) in [7, 11) is 0. The number of rotatable bonds is 5. The molecule has 1 N–H and O–H groups in total. The molecule has 0 bridgehead atoms. The molecule has 136 valence electrons. The molecule has 0 unspecified atom stereocenters. The molecule has 2 aromatic carbocycles. The summed E-state index contributed by atoms with van der Waals surface area (Å²) in [4.78, 5) is 26.1. The van der Waals surface area contributed by atoms with Crippen molar-refractivity contribution >= 4 is 17.5 Å². The van der Waals surface area contributed by atoms with Crippen molar-refractivity contribution in [2.24, 2.45) is 0 Å². The van der Waals surface area contributed by atoms with Gasteiger partial charge >= 0.3 is 0 Å². The summed E-state index contributed by atoms with van der Waals surface area (Å²) in [6.07, 6.45) is -0.400. The smallest absolute Gasteiger partial charge is 0.267 e. The highest BCUT2D eigenvalue weighted by Gasteiger charge is 2.31. The maximum Gasteiger partial charge on any atom is 0.267 e. The molecule has 0 spiro atoms. The Bertz CT molecular complexity index is 838. The molecule has 1 aliphatic heterocycles. The van der Waals surface area contributed by atoms with Crippen LogP contribution in [0, 0.1) is 12.7 Å². The average molecular weight is 356 g/mol. The summed E-state index contributed by atoms with van der Waals surface area (Å²) < 4.78 is 18.9. The van der Waals surface area contributed by atoms with Crippen LogP contribution in [-0.4, -0.2) is 24.5 Å². The van der Waals surface area contributed by atoms with E-state index in [0.717, 1.165) is 5.56 Å². The zero-order valence-electron chi connectivity index (χ0n) is 14.8. The Morgan fingerprint density at radius 2 is 2.04 bits per heavy atom. The molecule has 3 rings (SSSR count). The van der Waals surface area contributed by atoms with Gasteiger partial charge in [0.05, 0.1) is 5.69 Å². The van der Waals surface area contributed by atoms with Gasteiger partial charge in [0, 0.05) is 19.5 Å². The minimum atomic E-state index is -0.574. The first-order valence-corrected chi connectivity index (χ1v) is 8.54. The maximum absolute atomic E-state index is 13.3. The van der Waals surface area contributed by atoms with Crippen LogP contribution in [0.4, 0.5) is 10.1 Å². The highest BCUT2D eigenvalue weighted by Crippen LogP contribution is 2.33. The fourth-order valence-electron chi connectivity index (χ4n) is 2.91. The molecule has 26 heavy (non-hydrogen) atoms. The van der Waals surface area contributed by atoms with Gasteiger partial charge in [-0.3, -0.25) is 9.59 Å². The number of ether oxygens (including phenoxy) is 1. The molecule has 0 fully saturated rings. The maximum atomic E-state index is 13.3. The Morgan fingerprint density at radius 1 is 1.27 bits per heavy atom. The van der Waals surface area contributed by atoms with E-state index in [1.807, 2.05) is 18.2 Å². The third-order valence-corrected chi connectivity index (χ3v) is 4.35. The first-order valence-electron chi connectivity index (χ1n) is 8.54. The van der Waals surface area contributed by atoms with Crippen molar-refractivity contribution in [3.63, 3.8) is 0 Å². The second kappa shape index (κ2) is 7.56. The first kappa shape index (κ1) is 17.9. The molecule has 0 aromatic heterocycles. The molecule has 0 aliphatic carbocycles. The molecule has 2 aromatic rings. The molecule has 5 nitrogen and oxygen atoms in total. The van der Waals surface area contributed by atoms with Crippen LogP contribution in [0.1, 0.15) is 24.5 Å². The second-order valence-electron chi connectivity index (χ2n) is 6.33.